The summed E-state index contributed by atoms with van der Waals surface area (Å²) < 4.78 is 13.0. The number of hydrogen-bond acceptors (Lipinski definition) is 2. The van der Waals surface area contributed by atoms with Crippen molar-refractivity contribution in [1.82, 2.24) is 5.32 Å². The molecule has 0 radical (unpaired) electrons. The van der Waals surface area contributed by atoms with E-state index in [-0.39, 0.29) is 18.3 Å². The van der Waals surface area contributed by atoms with Gasteiger partial charge in [0.25, 0.3) is 0 Å². The van der Waals surface area contributed by atoms with Gasteiger partial charge in [-0.2, -0.15) is 0 Å². The largest absolute Gasteiger partial charge is 0.325 e. The van der Waals surface area contributed by atoms with Crippen molar-refractivity contribution in [2.75, 3.05) is 18.4 Å². The number of anilines is 1. The van der Waals surface area contributed by atoms with E-state index in [9.17, 15) is 9.18 Å². The molecule has 1 aliphatic carbocycles. The Balaban J connectivity index is 1.65. The quantitative estimate of drug-likeness (QED) is 0.868. The van der Waals surface area contributed by atoms with E-state index >= 15 is 0 Å². The standard InChI is InChI=1S/C16H23FN2O/c1-12-5-7-13(8-6-12)10-18-11-16(20)19-15-4-2-3-14(17)9-15/h2-4,9,12-13,18H,5-8,10-11H2,1H3,(H,19,20). The van der Waals surface area contributed by atoms with Crippen molar-refractivity contribution >= 4 is 11.6 Å². The number of rotatable bonds is 5. The van der Waals surface area contributed by atoms with Crippen molar-refractivity contribution in [3.05, 3.63) is 30.1 Å². The molecule has 0 atom stereocenters. The van der Waals surface area contributed by atoms with E-state index in [0.717, 1.165) is 12.5 Å². The summed E-state index contributed by atoms with van der Waals surface area (Å²) in [7, 11) is 0. The third-order valence-corrected chi connectivity index (χ3v) is 3.96. The maximum atomic E-state index is 13.0. The molecule has 0 aliphatic heterocycles. The average molecular weight is 278 g/mol. The first kappa shape index (κ1) is 15.0. The van der Waals surface area contributed by atoms with Crippen molar-refractivity contribution in [3.63, 3.8) is 0 Å². The van der Waals surface area contributed by atoms with Gasteiger partial charge in [0, 0.05) is 5.69 Å². The highest BCUT2D eigenvalue weighted by Crippen LogP contribution is 2.27. The highest BCUT2D eigenvalue weighted by Gasteiger charge is 2.17. The molecule has 1 saturated carbocycles. The molecule has 0 spiro atoms. The summed E-state index contributed by atoms with van der Waals surface area (Å²) in [5.41, 5.74) is 0.503. The maximum absolute atomic E-state index is 13.0. The Morgan fingerprint density at radius 2 is 2.05 bits per heavy atom. The van der Waals surface area contributed by atoms with Crippen LogP contribution in [0.25, 0.3) is 0 Å². The second-order valence-electron chi connectivity index (χ2n) is 5.82. The first-order chi connectivity index (χ1) is 9.63. The molecular weight excluding hydrogens is 255 g/mol. The predicted molar refractivity (Wildman–Crippen MR) is 79.0 cm³/mol. The van der Waals surface area contributed by atoms with Crippen LogP contribution in [-0.4, -0.2) is 19.0 Å². The van der Waals surface area contributed by atoms with Crippen molar-refractivity contribution in [2.45, 2.75) is 32.6 Å². The maximum Gasteiger partial charge on any atom is 0.238 e. The molecule has 20 heavy (non-hydrogen) atoms. The van der Waals surface area contributed by atoms with Gasteiger partial charge >= 0.3 is 0 Å². The van der Waals surface area contributed by atoms with Crippen LogP contribution in [0.3, 0.4) is 0 Å². The first-order valence-electron chi connectivity index (χ1n) is 7.39. The van der Waals surface area contributed by atoms with Crippen molar-refractivity contribution in [3.8, 4) is 0 Å². The molecule has 110 valence electrons. The number of hydrogen-bond donors (Lipinski definition) is 2. The Morgan fingerprint density at radius 1 is 1.30 bits per heavy atom. The zero-order chi connectivity index (χ0) is 14.4. The van der Waals surface area contributed by atoms with Crippen LogP contribution in [0.4, 0.5) is 10.1 Å². The van der Waals surface area contributed by atoms with Crippen molar-refractivity contribution in [1.29, 1.82) is 0 Å². The predicted octanol–water partition coefficient (Wildman–Crippen LogP) is 3.18. The number of halogens is 1. The van der Waals surface area contributed by atoms with Gasteiger partial charge in [0.1, 0.15) is 5.82 Å². The number of carbonyl (C=O) groups excluding carboxylic acids is 1. The van der Waals surface area contributed by atoms with Gasteiger partial charge < -0.3 is 10.6 Å². The van der Waals surface area contributed by atoms with E-state index < -0.39 is 0 Å². The lowest BCUT2D eigenvalue weighted by Crippen LogP contribution is -2.33. The van der Waals surface area contributed by atoms with Crippen molar-refractivity contribution in [2.24, 2.45) is 11.8 Å². The Morgan fingerprint density at radius 3 is 2.75 bits per heavy atom. The molecular formula is C16H23FN2O. The highest BCUT2D eigenvalue weighted by atomic mass is 19.1. The van der Waals surface area contributed by atoms with E-state index in [2.05, 4.69) is 17.6 Å². The zero-order valence-corrected chi connectivity index (χ0v) is 12.0. The first-order valence-corrected chi connectivity index (χ1v) is 7.39. The normalized spacial score (nSPS) is 22.5. The van der Waals surface area contributed by atoms with E-state index in [1.807, 2.05) is 0 Å². The minimum absolute atomic E-state index is 0.125. The van der Waals surface area contributed by atoms with E-state index in [0.29, 0.717) is 11.6 Å². The van der Waals surface area contributed by atoms with Crippen LogP contribution < -0.4 is 10.6 Å². The number of carbonyl (C=O) groups is 1. The molecule has 1 fully saturated rings. The fourth-order valence-corrected chi connectivity index (χ4v) is 2.69. The second-order valence-corrected chi connectivity index (χ2v) is 5.82. The van der Waals surface area contributed by atoms with E-state index in [4.69, 9.17) is 0 Å². The summed E-state index contributed by atoms with van der Waals surface area (Å²) in [6, 6.07) is 5.95. The monoisotopic (exact) mass is 278 g/mol. The minimum atomic E-state index is -0.341. The van der Waals surface area contributed by atoms with Gasteiger partial charge in [0.05, 0.1) is 6.54 Å². The Hall–Kier alpha value is -1.42. The van der Waals surface area contributed by atoms with Crippen LogP contribution in [0.5, 0.6) is 0 Å². The molecule has 2 rings (SSSR count). The van der Waals surface area contributed by atoms with Gasteiger partial charge in [-0.05, 0) is 49.4 Å². The minimum Gasteiger partial charge on any atom is -0.325 e. The molecule has 0 saturated heterocycles. The molecule has 3 nitrogen and oxygen atoms in total. The zero-order valence-electron chi connectivity index (χ0n) is 12.0. The Labute approximate surface area is 120 Å². The molecule has 0 bridgehead atoms. The van der Waals surface area contributed by atoms with Gasteiger partial charge in [-0.1, -0.05) is 25.8 Å². The molecule has 2 N–H and O–H groups in total. The molecule has 0 heterocycles. The smallest absolute Gasteiger partial charge is 0.238 e. The lowest BCUT2D eigenvalue weighted by atomic mass is 9.83. The fraction of sp³-hybridized carbons (Fsp3) is 0.562. The fourth-order valence-electron chi connectivity index (χ4n) is 2.69. The number of benzene rings is 1. The van der Waals surface area contributed by atoms with Crippen LogP contribution in [0, 0.1) is 17.7 Å². The number of nitrogens with one attached hydrogen (secondary N) is 2. The van der Waals surface area contributed by atoms with Gasteiger partial charge in [0.2, 0.25) is 5.91 Å². The van der Waals surface area contributed by atoms with Crippen LogP contribution in [-0.2, 0) is 4.79 Å². The SMILES string of the molecule is CC1CCC(CNCC(=O)Nc2cccc(F)c2)CC1. The summed E-state index contributed by atoms with van der Waals surface area (Å²) in [5, 5.41) is 5.88. The average Bonchev–Trinajstić information content (AvgIpc) is 2.41. The van der Waals surface area contributed by atoms with Gasteiger partial charge in [0.15, 0.2) is 0 Å². The third-order valence-electron chi connectivity index (χ3n) is 3.96. The molecule has 0 unspecified atom stereocenters. The lowest BCUT2D eigenvalue weighted by Gasteiger charge is -2.26. The molecule has 1 aromatic carbocycles. The van der Waals surface area contributed by atoms with E-state index in [1.54, 1.807) is 12.1 Å². The summed E-state index contributed by atoms with van der Waals surface area (Å²) in [6.07, 6.45) is 5.09. The van der Waals surface area contributed by atoms with Crippen LogP contribution >= 0.6 is 0 Å². The third kappa shape index (κ3) is 4.93. The molecule has 1 aliphatic rings. The Kier molecular flexibility index (Phi) is 5.53. The van der Waals surface area contributed by atoms with Gasteiger partial charge in [-0.15, -0.1) is 0 Å². The van der Waals surface area contributed by atoms with E-state index in [1.165, 1.54) is 37.8 Å². The molecule has 0 aromatic heterocycles. The van der Waals surface area contributed by atoms with Crippen molar-refractivity contribution < 1.29 is 9.18 Å². The summed E-state index contributed by atoms with van der Waals surface area (Å²) in [4.78, 5) is 11.7. The van der Waals surface area contributed by atoms with Crippen LogP contribution in [0.2, 0.25) is 0 Å². The van der Waals surface area contributed by atoms with Crippen LogP contribution in [0.15, 0.2) is 24.3 Å². The van der Waals surface area contributed by atoms with Gasteiger partial charge in [-0.3, -0.25) is 4.79 Å². The lowest BCUT2D eigenvalue weighted by molar-refractivity contribution is -0.115. The second kappa shape index (κ2) is 7.39. The molecule has 1 amide bonds. The summed E-state index contributed by atoms with van der Waals surface area (Å²) in [6.45, 7) is 3.47. The summed E-state index contributed by atoms with van der Waals surface area (Å²) >= 11 is 0. The highest BCUT2D eigenvalue weighted by molar-refractivity contribution is 5.92. The molecule has 1 aromatic rings. The van der Waals surface area contributed by atoms with Gasteiger partial charge in [-0.25, -0.2) is 4.39 Å². The topological polar surface area (TPSA) is 41.1 Å². The Bertz CT molecular complexity index is 442. The van der Waals surface area contributed by atoms with Crippen LogP contribution in [0.1, 0.15) is 32.6 Å². The molecule has 4 heteroatoms. The number of amides is 1. The summed E-state index contributed by atoms with van der Waals surface area (Å²) in [5.74, 6) is 1.07.